The SMILES string of the molecule is C=CC(=O)Nc1ccc(Oc2cc(NC)ncn2)cc1. The van der Waals surface area contributed by atoms with Crippen LogP contribution in [0.1, 0.15) is 0 Å². The van der Waals surface area contributed by atoms with Crippen molar-refractivity contribution in [1.82, 2.24) is 9.97 Å². The van der Waals surface area contributed by atoms with Crippen LogP contribution in [0.3, 0.4) is 0 Å². The number of carbonyl (C=O) groups is 1. The van der Waals surface area contributed by atoms with E-state index in [1.165, 1.54) is 12.4 Å². The van der Waals surface area contributed by atoms with Crippen LogP contribution in [0, 0.1) is 0 Å². The fraction of sp³-hybridized carbons (Fsp3) is 0.0714. The van der Waals surface area contributed by atoms with Gasteiger partial charge in [-0.2, -0.15) is 0 Å². The van der Waals surface area contributed by atoms with Crippen molar-refractivity contribution in [3.05, 3.63) is 49.3 Å². The molecule has 0 radical (unpaired) electrons. The van der Waals surface area contributed by atoms with Crippen LogP contribution in [0.25, 0.3) is 0 Å². The number of hydrogen-bond acceptors (Lipinski definition) is 5. The molecule has 1 aromatic heterocycles. The van der Waals surface area contributed by atoms with Gasteiger partial charge in [0, 0.05) is 18.8 Å². The van der Waals surface area contributed by atoms with E-state index in [4.69, 9.17) is 4.74 Å². The first kappa shape index (κ1) is 13.5. The summed E-state index contributed by atoms with van der Waals surface area (Å²) in [5.74, 6) is 1.47. The van der Waals surface area contributed by atoms with Crippen LogP contribution in [0.2, 0.25) is 0 Å². The smallest absolute Gasteiger partial charge is 0.247 e. The number of anilines is 2. The maximum atomic E-state index is 11.1. The molecule has 1 heterocycles. The van der Waals surface area contributed by atoms with Gasteiger partial charge in [-0.1, -0.05) is 6.58 Å². The topological polar surface area (TPSA) is 76.1 Å². The molecule has 2 N–H and O–H groups in total. The summed E-state index contributed by atoms with van der Waals surface area (Å²) in [6.07, 6.45) is 2.63. The highest BCUT2D eigenvalue weighted by Crippen LogP contribution is 2.22. The van der Waals surface area contributed by atoms with E-state index in [9.17, 15) is 4.79 Å². The van der Waals surface area contributed by atoms with E-state index in [1.54, 1.807) is 37.4 Å². The molecular weight excluding hydrogens is 256 g/mol. The van der Waals surface area contributed by atoms with Gasteiger partial charge in [0.1, 0.15) is 17.9 Å². The number of benzene rings is 1. The molecule has 0 spiro atoms. The van der Waals surface area contributed by atoms with E-state index in [0.717, 1.165) is 0 Å². The van der Waals surface area contributed by atoms with E-state index in [1.807, 2.05) is 0 Å². The summed E-state index contributed by atoms with van der Waals surface area (Å²) < 4.78 is 5.58. The Morgan fingerprint density at radius 1 is 1.30 bits per heavy atom. The second-order valence-corrected chi connectivity index (χ2v) is 3.81. The molecule has 0 atom stereocenters. The molecule has 0 fully saturated rings. The minimum Gasteiger partial charge on any atom is -0.439 e. The molecule has 2 rings (SSSR count). The second kappa shape index (κ2) is 6.33. The zero-order valence-corrected chi connectivity index (χ0v) is 11.0. The minimum absolute atomic E-state index is 0.256. The molecule has 2 aromatic rings. The van der Waals surface area contributed by atoms with Crippen molar-refractivity contribution < 1.29 is 9.53 Å². The van der Waals surface area contributed by atoms with Crippen LogP contribution in [0.5, 0.6) is 11.6 Å². The van der Waals surface area contributed by atoms with Crippen molar-refractivity contribution in [2.24, 2.45) is 0 Å². The van der Waals surface area contributed by atoms with Crippen LogP contribution in [-0.2, 0) is 4.79 Å². The van der Waals surface area contributed by atoms with Gasteiger partial charge < -0.3 is 15.4 Å². The van der Waals surface area contributed by atoms with E-state index >= 15 is 0 Å². The lowest BCUT2D eigenvalue weighted by atomic mass is 10.3. The van der Waals surface area contributed by atoms with Gasteiger partial charge in [0.2, 0.25) is 11.8 Å². The van der Waals surface area contributed by atoms with Gasteiger partial charge in [0.15, 0.2) is 0 Å². The Morgan fingerprint density at radius 3 is 2.70 bits per heavy atom. The normalized spacial score (nSPS) is 9.65. The third-order valence-corrected chi connectivity index (χ3v) is 2.43. The summed E-state index contributed by atoms with van der Waals surface area (Å²) in [7, 11) is 1.77. The van der Waals surface area contributed by atoms with Crippen LogP contribution >= 0.6 is 0 Å². The fourth-order valence-electron chi connectivity index (χ4n) is 1.45. The molecule has 0 bridgehead atoms. The molecule has 1 amide bonds. The zero-order valence-electron chi connectivity index (χ0n) is 11.0. The summed E-state index contributed by atoms with van der Waals surface area (Å²) in [5, 5.41) is 5.56. The van der Waals surface area contributed by atoms with Crippen molar-refractivity contribution in [2.75, 3.05) is 17.7 Å². The first-order valence-electron chi connectivity index (χ1n) is 5.92. The van der Waals surface area contributed by atoms with Gasteiger partial charge >= 0.3 is 0 Å². The highest BCUT2D eigenvalue weighted by Gasteiger charge is 2.02. The number of nitrogens with one attached hydrogen (secondary N) is 2. The van der Waals surface area contributed by atoms with E-state index in [0.29, 0.717) is 23.1 Å². The van der Waals surface area contributed by atoms with Crippen LogP contribution < -0.4 is 15.4 Å². The average Bonchev–Trinajstić information content (AvgIpc) is 2.49. The molecular formula is C14H14N4O2. The van der Waals surface area contributed by atoms with Gasteiger partial charge in [0.25, 0.3) is 0 Å². The second-order valence-electron chi connectivity index (χ2n) is 3.81. The zero-order chi connectivity index (χ0) is 14.4. The number of carbonyl (C=O) groups excluding carboxylic acids is 1. The molecule has 0 aliphatic rings. The van der Waals surface area contributed by atoms with Gasteiger partial charge in [-0.15, -0.1) is 0 Å². The standard InChI is InChI=1S/C14H14N4O2/c1-3-13(19)18-10-4-6-11(7-5-10)20-14-8-12(15-2)16-9-17-14/h3-9H,1H2,2H3,(H,18,19)(H,15,16,17). The van der Waals surface area contributed by atoms with Crippen LogP contribution in [0.15, 0.2) is 49.3 Å². The predicted molar refractivity (Wildman–Crippen MR) is 76.9 cm³/mol. The van der Waals surface area contributed by atoms with E-state index < -0.39 is 0 Å². The first-order valence-corrected chi connectivity index (χ1v) is 5.92. The molecule has 0 aliphatic carbocycles. The maximum Gasteiger partial charge on any atom is 0.247 e. The minimum atomic E-state index is -0.256. The summed E-state index contributed by atoms with van der Waals surface area (Å²) >= 11 is 0. The average molecular weight is 270 g/mol. The summed E-state index contributed by atoms with van der Waals surface area (Å²) in [6.45, 7) is 3.39. The Hall–Kier alpha value is -2.89. The van der Waals surface area contributed by atoms with Crippen molar-refractivity contribution in [1.29, 1.82) is 0 Å². The number of amides is 1. The van der Waals surface area contributed by atoms with Crippen LogP contribution in [-0.4, -0.2) is 22.9 Å². The lowest BCUT2D eigenvalue weighted by Crippen LogP contribution is -2.06. The fourth-order valence-corrected chi connectivity index (χ4v) is 1.45. The molecule has 20 heavy (non-hydrogen) atoms. The molecule has 102 valence electrons. The third kappa shape index (κ3) is 3.55. The highest BCUT2D eigenvalue weighted by molar-refractivity contribution is 5.98. The maximum absolute atomic E-state index is 11.1. The summed E-state index contributed by atoms with van der Waals surface area (Å²) in [4.78, 5) is 19.2. The summed E-state index contributed by atoms with van der Waals surface area (Å²) in [6, 6.07) is 8.63. The first-order chi connectivity index (χ1) is 9.71. The molecule has 0 saturated carbocycles. The van der Waals surface area contributed by atoms with Crippen molar-refractivity contribution >= 4 is 17.4 Å². The van der Waals surface area contributed by atoms with Crippen molar-refractivity contribution in [3.63, 3.8) is 0 Å². The molecule has 0 unspecified atom stereocenters. The molecule has 6 heteroatoms. The van der Waals surface area contributed by atoms with Gasteiger partial charge in [-0.05, 0) is 30.3 Å². The number of aromatic nitrogens is 2. The number of nitrogens with zero attached hydrogens (tertiary/aromatic N) is 2. The number of rotatable bonds is 5. The Labute approximate surface area is 116 Å². The van der Waals surface area contributed by atoms with E-state index in [2.05, 4.69) is 27.2 Å². The largest absolute Gasteiger partial charge is 0.439 e. The monoisotopic (exact) mass is 270 g/mol. The van der Waals surface area contributed by atoms with Crippen molar-refractivity contribution in [2.45, 2.75) is 0 Å². The predicted octanol–water partition coefficient (Wildman–Crippen LogP) is 2.44. The van der Waals surface area contributed by atoms with Gasteiger partial charge in [-0.25, -0.2) is 9.97 Å². The number of ether oxygens (including phenoxy) is 1. The van der Waals surface area contributed by atoms with Crippen molar-refractivity contribution in [3.8, 4) is 11.6 Å². The molecule has 6 nitrogen and oxygen atoms in total. The van der Waals surface area contributed by atoms with Gasteiger partial charge in [0.05, 0.1) is 0 Å². The summed E-state index contributed by atoms with van der Waals surface area (Å²) in [5.41, 5.74) is 0.667. The highest BCUT2D eigenvalue weighted by atomic mass is 16.5. The molecule has 1 aromatic carbocycles. The lowest BCUT2D eigenvalue weighted by molar-refractivity contribution is -0.111. The Bertz CT molecular complexity index is 611. The van der Waals surface area contributed by atoms with Crippen LogP contribution in [0.4, 0.5) is 11.5 Å². The van der Waals surface area contributed by atoms with Gasteiger partial charge in [-0.3, -0.25) is 4.79 Å². The molecule has 0 saturated heterocycles. The Balaban J connectivity index is 2.06. The number of hydrogen-bond donors (Lipinski definition) is 2. The molecule has 0 aliphatic heterocycles. The van der Waals surface area contributed by atoms with E-state index in [-0.39, 0.29) is 5.91 Å². The Kier molecular flexibility index (Phi) is 4.28. The lowest BCUT2D eigenvalue weighted by Gasteiger charge is -2.07. The third-order valence-electron chi connectivity index (χ3n) is 2.43. The quantitative estimate of drug-likeness (QED) is 0.816. The Morgan fingerprint density at radius 2 is 2.05 bits per heavy atom.